The summed E-state index contributed by atoms with van der Waals surface area (Å²) in [5.41, 5.74) is 0.785. The fourth-order valence-corrected chi connectivity index (χ4v) is 4.61. The quantitative estimate of drug-likeness (QED) is 0.353. The average molecular weight is 440 g/mol. The monoisotopic (exact) mass is 439 g/mol. The van der Waals surface area contributed by atoms with Crippen molar-refractivity contribution in [3.05, 3.63) is 87.1 Å². The van der Waals surface area contributed by atoms with Gasteiger partial charge in [-0.15, -0.1) is 11.3 Å². The number of nitrogens with zero attached hydrogens (tertiary/aromatic N) is 2. The molecule has 0 aliphatic rings. The molecule has 4 rings (SSSR count). The molecule has 2 aromatic heterocycles. The molecule has 8 heteroatoms. The van der Waals surface area contributed by atoms with E-state index in [-0.39, 0.29) is 23.3 Å². The van der Waals surface area contributed by atoms with Crippen molar-refractivity contribution in [1.29, 1.82) is 0 Å². The van der Waals surface area contributed by atoms with Crippen molar-refractivity contribution < 1.29 is 9.18 Å². The van der Waals surface area contributed by atoms with Gasteiger partial charge in [0.1, 0.15) is 5.82 Å². The Morgan fingerprint density at radius 1 is 1.17 bits per heavy atom. The largest absolute Gasteiger partial charge is 0.348 e. The maximum Gasteiger partial charge on any atom is 0.266 e. The number of aromatic nitrogens is 2. The number of nitrogens with one attached hydrogen (secondary N) is 1. The fraction of sp³-hybridized carbons (Fsp3) is 0.136. The Bertz CT molecular complexity index is 1240. The van der Waals surface area contributed by atoms with Gasteiger partial charge in [0.15, 0.2) is 5.16 Å². The Morgan fingerprint density at radius 3 is 2.67 bits per heavy atom. The normalized spacial score (nSPS) is 12.1. The highest BCUT2D eigenvalue weighted by molar-refractivity contribution is 7.99. The SMILES string of the molecule is CC(NC(=O)CSc1nc2ccccc2c(=O)n1-c1ccc(F)cc1)c1cccs1. The molecule has 0 saturated carbocycles. The van der Waals surface area contributed by atoms with Crippen molar-refractivity contribution in [3.8, 4) is 5.69 Å². The molecule has 0 aliphatic carbocycles. The van der Waals surface area contributed by atoms with Crippen molar-refractivity contribution >= 4 is 39.9 Å². The van der Waals surface area contributed by atoms with Crippen LogP contribution < -0.4 is 10.9 Å². The minimum absolute atomic E-state index is 0.0954. The number of carbonyl (C=O) groups is 1. The second-order valence-corrected chi connectivity index (χ2v) is 8.54. The average Bonchev–Trinajstić information content (AvgIpc) is 3.28. The number of para-hydroxylation sites is 1. The van der Waals surface area contributed by atoms with Crippen molar-refractivity contribution in [2.24, 2.45) is 0 Å². The number of halogens is 1. The van der Waals surface area contributed by atoms with Crippen LogP contribution in [0.5, 0.6) is 0 Å². The number of hydrogen-bond acceptors (Lipinski definition) is 5. The van der Waals surface area contributed by atoms with Gasteiger partial charge in [0.05, 0.1) is 28.4 Å². The van der Waals surface area contributed by atoms with E-state index in [1.807, 2.05) is 24.4 Å². The van der Waals surface area contributed by atoms with E-state index in [1.54, 1.807) is 35.6 Å². The molecule has 4 aromatic rings. The van der Waals surface area contributed by atoms with Gasteiger partial charge in [-0.05, 0) is 54.8 Å². The van der Waals surface area contributed by atoms with E-state index in [0.29, 0.717) is 21.7 Å². The predicted molar refractivity (Wildman–Crippen MR) is 119 cm³/mol. The van der Waals surface area contributed by atoms with Gasteiger partial charge < -0.3 is 5.32 Å². The van der Waals surface area contributed by atoms with Crippen LogP contribution in [-0.2, 0) is 4.79 Å². The van der Waals surface area contributed by atoms with Crippen LogP contribution in [0.15, 0.2) is 76.0 Å². The van der Waals surface area contributed by atoms with E-state index >= 15 is 0 Å². The number of carbonyl (C=O) groups excluding carboxylic acids is 1. The van der Waals surface area contributed by atoms with Gasteiger partial charge in [-0.2, -0.15) is 0 Å². The molecule has 2 aromatic carbocycles. The summed E-state index contributed by atoms with van der Waals surface area (Å²) in [6.07, 6.45) is 0. The highest BCUT2D eigenvalue weighted by Crippen LogP contribution is 2.22. The molecule has 30 heavy (non-hydrogen) atoms. The standard InChI is InChI=1S/C22H18FN3O2S2/c1-14(19-7-4-12-29-19)24-20(27)13-30-22-25-18-6-3-2-5-17(18)21(28)26(22)16-10-8-15(23)9-11-16/h2-12,14H,13H2,1H3,(H,24,27). The van der Waals surface area contributed by atoms with E-state index in [4.69, 9.17) is 0 Å². The minimum Gasteiger partial charge on any atom is -0.348 e. The fourth-order valence-electron chi connectivity index (χ4n) is 3.05. The molecule has 1 atom stereocenters. The van der Waals surface area contributed by atoms with E-state index in [1.165, 1.54) is 40.6 Å². The Balaban J connectivity index is 1.64. The lowest BCUT2D eigenvalue weighted by atomic mass is 10.2. The summed E-state index contributed by atoms with van der Waals surface area (Å²) in [5, 5.41) is 5.76. The summed E-state index contributed by atoms with van der Waals surface area (Å²) in [5.74, 6) is -0.451. The lowest BCUT2D eigenvalue weighted by Gasteiger charge is -2.14. The van der Waals surface area contributed by atoms with Crippen LogP contribution in [0, 0.1) is 5.82 Å². The lowest BCUT2D eigenvalue weighted by Crippen LogP contribution is -2.28. The zero-order chi connectivity index (χ0) is 21.1. The molecule has 1 unspecified atom stereocenters. The predicted octanol–water partition coefficient (Wildman–Crippen LogP) is 4.56. The molecule has 0 spiro atoms. The Hall–Kier alpha value is -2.97. The Morgan fingerprint density at radius 2 is 1.93 bits per heavy atom. The molecule has 0 aliphatic heterocycles. The van der Waals surface area contributed by atoms with Crippen molar-refractivity contribution in [3.63, 3.8) is 0 Å². The number of hydrogen-bond donors (Lipinski definition) is 1. The second kappa shape index (κ2) is 8.81. The molecular weight excluding hydrogens is 421 g/mol. The highest BCUT2D eigenvalue weighted by atomic mass is 32.2. The number of thiophene rings is 1. The van der Waals surface area contributed by atoms with Crippen LogP contribution in [0.25, 0.3) is 16.6 Å². The maximum atomic E-state index is 13.4. The number of fused-ring (bicyclic) bond motifs is 1. The number of thioether (sulfide) groups is 1. The topological polar surface area (TPSA) is 64.0 Å². The van der Waals surface area contributed by atoms with Gasteiger partial charge in [-0.25, -0.2) is 9.37 Å². The van der Waals surface area contributed by atoms with Gasteiger partial charge in [0.25, 0.3) is 5.56 Å². The Kier molecular flexibility index (Phi) is 5.96. The van der Waals surface area contributed by atoms with Crippen LogP contribution in [0.1, 0.15) is 17.8 Å². The van der Waals surface area contributed by atoms with Gasteiger partial charge in [0, 0.05) is 4.88 Å². The summed E-state index contributed by atoms with van der Waals surface area (Å²) in [6, 6.07) is 16.5. The molecule has 0 fully saturated rings. The van der Waals surface area contributed by atoms with Gasteiger partial charge >= 0.3 is 0 Å². The van der Waals surface area contributed by atoms with E-state index in [9.17, 15) is 14.0 Å². The summed E-state index contributed by atoms with van der Waals surface area (Å²) in [4.78, 5) is 31.3. The van der Waals surface area contributed by atoms with Crippen LogP contribution in [0.3, 0.4) is 0 Å². The summed E-state index contributed by atoms with van der Waals surface area (Å²) >= 11 is 2.75. The number of benzene rings is 2. The summed E-state index contributed by atoms with van der Waals surface area (Å²) < 4.78 is 14.8. The molecule has 0 saturated heterocycles. The lowest BCUT2D eigenvalue weighted by molar-refractivity contribution is -0.119. The van der Waals surface area contributed by atoms with Gasteiger partial charge in [-0.1, -0.05) is 30.0 Å². The van der Waals surface area contributed by atoms with Gasteiger partial charge in [0.2, 0.25) is 5.91 Å². The van der Waals surface area contributed by atoms with Crippen LogP contribution in [0.4, 0.5) is 4.39 Å². The number of amides is 1. The summed E-state index contributed by atoms with van der Waals surface area (Å²) in [6.45, 7) is 1.93. The zero-order valence-corrected chi connectivity index (χ0v) is 17.7. The molecule has 1 N–H and O–H groups in total. The molecule has 0 bridgehead atoms. The first kappa shape index (κ1) is 20.3. The van der Waals surface area contributed by atoms with Crippen LogP contribution in [-0.4, -0.2) is 21.2 Å². The van der Waals surface area contributed by atoms with Crippen molar-refractivity contribution in [2.75, 3.05) is 5.75 Å². The van der Waals surface area contributed by atoms with E-state index in [0.717, 1.165) is 4.88 Å². The van der Waals surface area contributed by atoms with Crippen molar-refractivity contribution in [1.82, 2.24) is 14.9 Å². The molecular formula is C22H18FN3O2S2. The zero-order valence-electron chi connectivity index (χ0n) is 16.0. The molecule has 5 nitrogen and oxygen atoms in total. The third kappa shape index (κ3) is 4.29. The highest BCUT2D eigenvalue weighted by Gasteiger charge is 2.16. The summed E-state index contributed by atoms with van der Waals surface area (Å²) in [7, 11) is 0. The second-order valence-electron chi connectivity index (χ2n) is 6.62. The molecule has 1 amide bonds. The molecule has 0 radical (unpaired) electrons. The molecule has 152 valence electrons. The van der Waals surface area contributed by atoms with Crippen LogP contribution >= 0.6 is 23.1 Å². The maximum absolute atomic E-state index is 13.4. The van der Waals surface area contributed by atoms with Crippen LogP contribution in [0.2, 0.25) is 0 Å². The molecule has 2 heterocycles. The Labute approximate surface area is 180 Å². The first-order chi connectivity index (χ1) is 14.5. The minimum atomic E-state index is -0.392. The van der Waals surface area contributed by atoms with E-state index in [2.05, 4.69) is 10.3 Å². The smallest absolute Gasteiger partial charge is 0.266 e. The number of rotatable bonds is 6. The third-order valence-electron chi connectivity index (χ3n) is 4.51. The third-order valence-corrected chi connectivity index (χ3v) is 6.50. The van der Waals surface area contributed by atoms with Gasteiger partial charge in [-0.3, -0.25) is 14.2 Å². The van der Waals surface area contributed by atoms with Crippen molar-refractivity contribution in [2.45, 2.75) is 18.1 Å². The van der Waals surface area contributed by atoms with E-state index < -0.39 is 5.82 Å². The first-order valence-electron chi connectivity index (χ1n) is 9.26. The first-order valence-corrected chi connectivity index (χ1v) is 11.1.